The predicted octanol–water partition coefficient (Wildman–Crippen LogP) is 6.74. The number of ether oxygens (including phenoxy) is 1. The molecule has 0 bridgehead atoms. The van der Waals surface area contributed by atoms with Crippen LogP contribution in [0.15, 0.2) is 76.8 Å². The minimum absolute atomic E-state index is 0.00298. The first kappa shape index (κ1) is 23.0. The minimum Gasteiger partial charge on any atom is -0.488 e. The van der Waals surface area contributed by atoms with Crippen molar-refractivity contribution in [2.75, 3.05) is 5.32 Å². The third-order valence-corrected chi connectivity index (χ3v) is 5.78. The predicted molar refractivity (Wildman–Crippen MR) is 136 cm³/mol. The Morgan fingerprint density at radius 3 is 2.42 bits per heavy atom. The van der Waals surface area contributed by atoms with Gasteiger partial charge in [-0.25, -0.2) is 0 Å². The summed E-state index contributed by atoms with van der Waals surface area (Å²) < 4.78 is 7.96. The SMILES string of the molecule is CCc1ccc(NC(=O)C(C#N)=Cc2cc(Br)ccc2OCc2ccc(I)cc2)cc1. The number of carbonyl (C=O) groups excluding carboxylic acids is 1. The van der Waals surface area contributed by atoms with Crippen molar-refractivity contribution in [3.63, 3.8) is 0 Å². The quantitative estimate of drug-likeness (QED) is 0.189. The third-order valence-electron chi connectivity index (χ3n) is 4.56. The van der Waals surface area contributed by atoms with Crippen molar-refractivity contribution < 1.29 is 9.53 Å². The number of amides is 1. The van der Waals surface area contributed by atoms with Gasteiger partial charge in [-0.05, 0) is 88.7 Å². The highest BCUT2D eigenvalue weighted by Crippen LogP contribution is 2.27. The second-order valence-corrected chi connectivity index (χ2v) is 8.93. The number of rotatable bonds is 7. The van der Waals surface area contributed by atoms with Crippen molar-refractivity contribution in [3.05, 3.63) is 97.0 Å². The molecule has 1 N–H and O–H groups in total. The number of hydrogen-bond acceptors (Lipinski definition) is 3. The zero-order chi connectivity index (χ0) is 22.2. The molecule has 0 aliphatic heterocycles. The average Bonchev–Trinajstić information content (AvgIpc) is 2.78. The first-order valence-electron chi connectivity index (χ1n) is 9.67. The van der Waals surface area contributed by atoms with Gasteiger partial charge in [-0.2, -0.15) is 5.26 Å². The molecule has 0 aromatic heterocycles. The molecular weight excluding hydrogens is 567 g/mol. The molecule has 31 heavy (non-hydrogen) atoms. The first-order chi connectivity index (χ1) is 15.0. The van der Waals surface area contributed by atoms with E-state index >= 15 is 0 Å². The van der Waals surface area contributed by atoms with Crippen molar-refractivity contribution in [2.24, 2.45) is 0 Å². The molecule has 6 heteroatoms. The Labute approximate surface area is 204 Å². The van der Waals surface area contributed by atoms with E-state index in [2.05, 4.69) is 50.8 Å². The minimum atomic E-state index is -0.463. The van der Waals surface area contributed by atoms with Crippen LogP contribution >= 0.6 is 38.5 Å². The van der Waals surface area contributed by atoms with Crippen LogP contribution in [0.3, 0.4) is 0 Å². The van der Waals surface area contributed by atoms with Gasteiger partial charge in [0, 0.05) is 19.3 Å². The summed E-state index contributed by atoms with van der Waals surface area (Å²) >= 11 is 5.71. The number of hydrogen-bond donors (Lipinski definition) is 1. The summed E-state index contributed by atoms with van der Waals surface area (Å²) in [6, 6.07) is 23.1. The van der Waals surface area contributed by atoms with Gasteiger partial charge in [-0.3, -0.25) is 4.79 Å². The van der Waals surface area contributed by atoms with Gasteiger partial charge < -0.3 is 10.1 Å². The van der Waals surface area contributed by atoms with E-state index in [0.29, 0.717) is 23.6 Å². The summed E-state index contributed by atoms with van der Waals surface area (Å²) in [6.07, 6.45) is 2.47. The van der Waals surface area contributed by atoms with Crippen LogP contribution < -0.4 is 10.1 Å². The van der Waals surface area contributed by atoms with Gasteiger partial charge in [0.15, 0.2) is 0 Å². The number of anilines is 1. The lowest BCUT2D eigenvalue weighted by atomic mass is 10.1. The van der Waals surface area contributed by atoms with Gasteiger partial charge in [0.05, 0.1) is 0 Å². The van der Waals surface area contributed by atoms with E-state index in [0.717, 1.165) is 20.0 Å². The molecule has 4 nitrogen and oxygen atoms in total. The number of nitrogens with one attached hydrogen (secondary N) is 1. The van der Waals surface area contributed by atoms with Crippen LogP contribution in [0, 0.1) is 14.9 Å². The summed E-state index contributed by atoms with van der Waals surface area (Å²) in [6.45, 7) is 2.46. The van der Waals surface area contributed by atoms with Gasteiger partial charge in [0.25, 0.3) is 5.91 Å². The van der Waals surface area contributed by atoms with E-state index in [1.165, 1.54) is 5.56 Å². The zero-order valence-corrected chi connectivity index (χ0v) is 20.6. The first-order valence-corrected chi connectivity index (χ1v) is 11.5. The fourth-order valence-corrected chi connectivity index (χ4v) is 3.57. The lowest BCUT2D eigenvalue weighted by molar-refractivity contribution is -0.112. The highest BCUT2D eigenvalue weighted by Gasteiger charge is 2.12. The molecule has 0 spiro atoms. The Morgan fingerprint density at radius 2 is 1.77 bits per heavy atom. The normalized spacial score (nSPS) is 11.0. The lowest BCUT2D eigenvalue weighted by Crippen LogP contribution is -2.13. The average molecular weight is 587 g/mol. The molecular formula is C25H20BrIN2O2. The van der Waals surface area contributed by atoms with Crippen molar-refractivity contribution in [3.8, 4) is 11.8 Å². The number of halogens is 2. The largest absolute Gasteiger partial charge is 0.488 e. The standard InChI is InChI=1S/C25H20BrIN2O2/c1-2-17-5-10-23(11-6-17)29-25(30)20(15-28)13-19-14-21(26)7-12-24(19)31-16-18-3-8-22(27)9-4-18/h3-14H,2,16H2,1H3,(H,29,30). The van der Waals surface area contributed by atoms with Crippen molar-refractivity contribution in [2.45, 2.75) is 20.0 Å². The molecule has 156 valence electrons. The third kappa shape index (κ3) is 6.68. The number of benzene rings is 3. The van der Waals surface area contributed by atoms with E-state index in [-0.39, 0.29) is 5.57 Å². The molecule has 0 aliphatic carbocycles. The second kappa shape index (κ2) is 11.1. The summed E-state index contributed by atoms with van der Waals surface area (Å²) in [7, 11) is 0. The van der Waals surface area contributed by atoms with Crippen LogP contribution in [-0.2, 0) is 17.8 Å². The number of carbonyl (C=O) groups is 1. The Bertz CT molecular complexity index is 1130. The van der Waals surface area contributed by atoms with Gasteiger partial charge in [-0.15, -0.1) is 0 Å². The zero-order valence-electron chi connectivity index (χ0n) is 16.9. The Kier molecular flexibility index (Phi) is 8.27. The maximum absolute atomic E-state index is 12.7. The molecule has 0 radical (unpaired) electrons. The number of aryl methyl sites for hydroxylation is 1. The lowest BCUT2D eigenvalue weighted by Gasteiger charge is -2.11. The highest BCUT2D eigenvalue weighted by atomic mass is 127. The molecule has 3 aromatic carbocycles. The second-order valence-electron chi connectivity index (χ2n) is 6.77. The molecule has 0 heterocycles. The van der Waals surface area contributed by atoms with E-state index in [1.54, 1.807) is 6.08 Å². The Hall–Kier alpha value is -2.63. The van der Waals surface area contributed by atoms with Crippen molar-refractivity contribution >= 4 is 56.2 Å². The maximum Gasteiger partial charge on any atom is 0.266 e. The van der Waals surface area contributed by atoms with Gasteiger partial charge in [-0.1, -0.05) is 47.1 Å². The smallest absolute Gasteiger partial charge is 0.266 e. The van der Waals surface area contributed by atoms with Gasteiger partial charge in [0.2, 0.25) is 0 Å². The van der Waals surface area contributed by atoms with Gasteiger partial charge in [0.1, 0.15) is 24.0 Å². The topological polar surface area (TPSA) is 62.1 Å². The summed E-state index contributed by atoms with van der Waals surface area (Å²) in [5.74, 6) is 0.130. The molecule has 0 saturated heterocycles. The summed E-state index contributed by atoms with van der Waals surface area (Å²) in [5, 5.41) is 12.4. The van der Waals surface area contributed by atoms with Crippen LogP contribution in [0.2, 0.25) is 0 Å². The molecule has 3 rings (SSSR count). The highest BCUT2D eigenvalue weighted by molar-refractivity contribution is 14.1. The fraction of sp³-hybridized carbons (Fsp3) is 0.120. The Balaban J connectivity index is 1.80. The number of nitrogens with zero attached hydrogens (tertiary/aromatic N) is 1. The van der Waals surface area contributed by atoms with Crippen LogP contribution in [0.4, 0.5) is 5.69 Å². The summed E-state index contributed by atoms with van der Waals surface area (Å²) in [5.41, 5.74) is 3.50. The molecule has 0 atom stereocenters. The van der Waals surface area contributed by atoms with E-state index in [9.17, 15) is 10.1 Å². The molecule has 0 saturated carbocycles. The van der Waals surface area contributed by atoms with Gasteiger partial charge >= 0.3 is 0 Å². The Morgan fingerprint density at radius 1 is 1.10 bits per heavy atom. The number of nitriles is 1. The molecule has 3 aromatic rings. The van der Waals surface area contributed by atoms with E-state index in [1.807, 2.05) is 72.8 Å². The molecule has 0 aliphatic rings. The van der Waals surface area contributed by atoms with E-state index < -0.39 is 5.91 Å². The summed E-state index contributed by atoms with van der Waals surface area (Å²) in [4.78, 5) is 12.7. The molecule has 0 fully saturated rings. The van der Waals surface area contributed by atoms with Crippen molar-refractivity contribution in [1.29, 1.82) is 5.26 Å². The molecule has 1 amide bonds. The molecule has 0 unspecified atom stereocenters. The maximum atomic E-state index is 12.7. The monoisotopic (exact) mass is 586 g/mol. The van der Waals surface area contributed by atoms with Crippen LogP contribution in [-0.4, -0.2) is 5.91 Å². The van der Waals surface area contributed by atoms with Crippen LogP contribution in [0.25, 0.3) is 6.08 Å². The fourth-order valence-electron chi connectivity index (χ4n) is 2.83. The van der Waals surface area contributed by atoms with Crippen molar-refractivity contribution in [1.82, 2.24) is 0 Å². The van der Waals surface area contributed by atoms with Crippen LogP contribution in [0.1, 0.15) is 23.6 Å². The van der Waals surface area contributed by atoms with Crippen LogP contribution in [0.5, 0.6) is 5.75 Å². The van der Waals surface area contributed by atoms with E-state index in [4.69, 9.17) is 4.74 Å².